The maximum absolute atomic E-state index is 11.3. The molecule has 0 saturated carbocycles. The van der Waals surface area contributed by atoms with Crippen LogP contribution in [0.2, 0.25) is 5.02 Å². The first-order valence-electron chi connectivity index (χ1n) is 8.24. The van der Waals surface area contributed by atoms with Crippen molar-refractivity contribution in [3.05, 3.63) is 88.9 Å². The average molecular weight is 403 g/mol. The predicted molar refractivity (Wildman–Crippen MR) is 107 cm³/mol. The molecule has 0 aliphatic heterocycles. The van der Waals surface area contributed by atoms with Crippen LogP contribution in [0.4, 0.5) is 5.69 Å². The molecular formula is C20H19ClN2O3S. The summed E-state index contributed by atoms with van der Waals surface area (Å²) >= 11 is 6.00. The van der Waals surface area contributed by atoms with Gasteiger partial charge in [-0.1, -0.05) is 41.9 Å². The van der Waals surface area contributed by atoms with E-state index in [1.807, 2.05) is 48.5 Å². The molecule has 0 aliphatic carbocycles. The van der Waals surface area contributed by atoms with Crippen molar-refractivity contribution in [2.75, 3.05) is 5.32 Å². The molecule has 0 aromatic heterocycles. The number of halogens is 1. The molecule has 5 nitrogen and oxygen atoms in total. The molecule has 27 heavy (non-hydrogen) atoms. The summed E-state index contributed by atoms with van der Waals surface area (Å²) in [5.74, 6) is 0.770. The van der Waals surface area contributed by atoms with E-state index in [1.165, 1.54) is 12.1 Å². The quantitative estimate of drug-likeness (QED) is 0.621. The summed E-state index contributed by atoms with van der Waals surface area (Å²) in [5.41, 5.74) is 2.76. The summed E-state index contributed by atoms with van der Waals surface area (Å²) in [4.78, 5) is 0.0818. The number of primary sulfonamides is 1. The molecule has 3 aromatic carbocycles. The van der Waals surface area contributed by atoms with Crippen molar-refractivity contribution in [3.63, 3.8) is 0 Å². The van der Waals surface area contributed by atoms with E-state index < -0.39 is 10.0 Å². The first-order chi connectivity index (χ1) is 12.9. The summed E-state index contributed by atoms with van der Waals surface area (Å²) < 4.78 is 28.6. The molecule has 0 heterocycles. The molecule has 3 N–H and O–H groups in total. The smallest absolute Gasteiger partial charge is 0.238 e. The molecule has 140 valence electrons. The molecule has 0 atom stereocenters. The fraction of sp³-hybridized carbons (Fsp3) is 0.100. The number of nitrogens with two attached hydrogens (primary N) is 1. The zero-order valence-electron chi connectivity index (χ0n) is 14.4. The van der Waals surface area contributed by atoms with Gasteiger partial charge in [-0.3, -0.25) is 0 Å². The van der Waals surface area contributed by atoms with Crippen LogP contribution in [0.5, 0.6) is 5.75 Å². The number of hydrogen-bond donors (Lipinski definition) is 2. The lowest BCUT2D eigenvalue weighted by Crippen LogP contribution is -2.12. The van der Waals surface area contributed by atoms with Gasteiger partial charge >= 0.3 is 0 Å². The van der Waals surface area contributed by atoms with E-state index >= 15 is 0 Å². The van der Waals surface area contributed by atoms with Crippen LogP contribution < -0.4 is 15.2 Å². The highest BCUT2D eigenvalue weighted by atomic mass is 35.5. The largest absolute Gasteiger partial charge is 0.489 e. The Labute approximate surface area is 163 Å². The van der Waals surface area contributed by atoms with Crippen molar-refractivity contribution in [1.82, 2.24) is 0 Å². The number of anilines is 1. The van der Waals surface area contributed by atoms with E-state index in [9.17, 15) is 8.42 Å². The summed E-state index contributed by atoms with van der Waals surface area (Å²) in [7, 11) is -3.69. The number of benzene rings is 3. The first kappa shape index (κ1) is 19.2. The number of para-hydroxylation sites is 1. The Balaban J connectivity index is 1.65. The van der Waals surface area contributed by atoms with Gasteiger partial charge in [0.05, 0.1) is 4.90 Å². The van der Waals surface area contributed by atoms with Crippen LogP contribution in [-0.4, -0.2) is 8.42 Å². The van der Waals surface area contributed by atoms with Crippen molar-refractivity contribution in [1.29, 1.82) is 0 Å². The van der Waals surface area contributed by atoms with E-state index in [0.29, 0.717) is 18.2 Å². The summed E-state index contributed by atoms with van der Waals surface area (Å²) in [6.07, 6.45) is 0. The van der Waals surface area contributed by atoms with Gasteiger partial charge in [0.2, 0.25) is 10.0 Å². The standard InChI is InChI=1S/C20H19ClN2O3S/c21-17-6-3-4-15(12-17)14-26-20-7-2-1-5-16(20)13-23-18-8-10-19(11-9-18)27(22,24)25/h1-12,23H,13-14H2,(H2,22,24,25). The number of sulfonamides is 1. The normalized spacial score (nSPS) is 11.2. The molecule has 0 radical (unpaired) electrons. The van der Waals surface area contributed by atoms with Crippen LogP contribution in [0.3, 0.4) is 0 Å². The molecule has 3 rings (SSSR count). The van der Waals surface area contributed by atoms with Crippen LogP contribution in [0, 0.1) is 0 Å². The van der Waals surface area contributed by atoms with Crippen LogP contribution in [0.15, 0.2) is 77.7 Å². The molecule has 0 unspecified atom stereocenters. The van der Waals surface area contributed by atoms with E-state index in [2.05, 4.69) is 5.32 Å². The number of ether oxygens (including phenoxy) is 1. The van der Waals surface area contributed by atoms with Gasteiger partial charge < -0.3 is 10.1 Å². The molecule has 7 heteroatoms. The van der Waals surface area contributed by atoms with Crippen LogP contribution >= 0.6 is 11.6 Å². The minimum Gasteiger partial charge on any atom is -0.489 e. The van der Waals surface area contributed by atoms with Gasteiger partial charge in [0.1, 0.15) is 12.4 Å². The Morgan fingerprint density at radius 1 is 0.963 bits per heavy atom. The minimum absolute atomic E-state index is 0.0818. The van der Waals surface area contributed by atoms with Gasteiger partial charge in [0.15, 0.2) is 0 Å². The Hall–Kier alpha value is -2.54. The van der Waals surface area contributed by atoms with Gasteiger partial charge in [-0.25, -0.2) is 13.6 Å². The fourth-order valence-electron chi connectivity index (χ4n) is 2.54. The van der Waals surface area contributed by atoms with Crippen LogP contribution in [-0.2, 0) is 23.2 Å². The monoisotopic (exact) mass is 402 g/mol. The van der Waals surface area contributed by atoms with Gasteiger partial charge in [-0.15, -0.1) is 0 Å². The highest BCUT2D eigenvalue weighted by Crippen LogP contribution is 2.22. The van der Waals surface area contributed by atoms with Crippen molar-refractivity contribution >= 4 is 27.3 Å². The third kappa shape index (κ3) is 5.47. The maximum atomic E-state index is 11.3. The molecule has 3 aromatic rings. The van der Waals surface area contributed by atoms with Crippen molar-refractivity contribution in [3.8, 4) is 5.75 Å². The second-order valence-corrected chi connectivity index (χ2v) is 7.95. The van der Waals surface area contributed by atoms with E-state index in [-0.39, 0.29) is 4.90 Å². The Bertz CT molecular complexity index is 1020. The Morgan fingerprint density at radius 3 is 2.41 bits per heavy atom. The molecule has 0 fully saturated rings. The summed E-state index contributed by atoms with van der Waals surface area (Å²) in [6.45, 7) is 0.946. The van der Waals surface area contributed by atoms with Crippen LogP contribution in [0.1, 0.15) is 11.1 Å². The number of rotatable bonds is 7. The maximum Gasteiger partial charge on any atom is 0.238 e. The van der Waals surface area contributed by atoms with Gasteiger partial charge in [-0.2, -0.15) is 0 Å². The number of nitrogens with one attached hydrogen (secondary N) is 1. The molecular weight excluding hydrogens is 384 g/mol. The predicted octanol–water partition coefficient (Wildman–Crippen LogP) is 4.18. The van der Waals surface area contributed by atoms with E-state index in [1.54, 1.807) is 12.1 Å². The summed E-state index contributed by atoms with van der Waals surface area (Å²) in [5, 5.41) is 9.03. The Morgan fingerprint density at radius 2 is 1.70 bits per heavy atom. The summed E-state index contributed by atoms with van der Waals surface area (Å²) in [6, 6.07) is 21.6. The molecule has 0 saturated heterocycles. The van der Waals surface area contributed by atoms with E-state index in [4.69, 9.17) is 21.5 Å². The fourth-order valence-corrected chi connectivity index (χ4v) is 3.27. The van der Waals surface area contributed by atoms with Crippen molar-refractivity contribution in [2.45, 2.75) is 18.0 Å². The Kier molecular flexibility index (Phi) is 6.01. The van der Waals surface area contributed by atoms with Crippen LogP contribution in [0.25, 0.3) is 0 Å². The first-order valence-corrected chi connectivity index (χ1v) is 10.2. The average Bonchev–Trinajstić information content (AvgIpc) is 2.65. The van der Waals surface area contributed by atoms with Gasteiger partial charge in [0, 0.05) is 22.8 Å². The van der Waals surface area contributed by atoms with E-state index in [0.717, 1.165) is 22.6 Å². The SMILES string of the molecule is NS(=O)(=O)c1ccc(NCc2ccccc2OCc2cccc(Cl)c2)cc1. The topological polar surface area (TPSA) is 81.4 Å². The second-order valence-electron chi connectivity index (χ2n) is 5.95. The zero-order valence-corrected chi connectivity index (χ0v) is 16.0. The molecule has 0 amide bonds. The number of hydrogen-bond acceptors (Lipinski definition) is 4. The van der Waals surface area contributed by atoms with Crippen molar-refractivity contribution < 1.29 is 13.2 Å². The lowest BCUT2D eigenvalue weighted by Gasteiger charge is -2.13. The zero-order chi connectivity index (χ0) is 19.3. The third-order valence-corrected chi connectivity index (χ3v) is 5.09. The minimum atomic E-state index is -3.69. The van der Waals surface area contributed by atoms with Gasteiger partial charge in [-0.05, 0) is 48.0 Å². The molecule has 0 spiro atoms. The lowest BCUT2D eigenvalue weighted by atomic mass is 10.2. The molecule has 0 bridgehead atoms. The lowest BCUT2D eigenvalue weighted by molar-refractivity contribution is 0.303. The second kappa shape index (κ2) is 8.43. The molecule has 0 aliphatic rings. The highest BCUT2D eigenvalue weighted by Gasteiger charge is 2.07. The van der Waals surface area contributed by atoms with Crippen molar-refractivity contribution in [2.24, 2.45) is 5.14 Å². The highest BCUT2D eigenvalue weighted by molar-refractivity contribution is 7.89. The third-order valence-electron chi connectivity index (χ3n) is 3.92. The van der Waals surface area contributed by atoms with Gasteiger partial charge in [0.25, 0.3) is 0 Å².